The van der Waals surface area contributed by atoms with Gasteiger partial charge in [0.1, 0.15) is 12.6 Å². The first kappa shape index (κ1) is 105. The Balaban J connectivity index is 0. The fourth-order valence-electron chi connectivity index (χ4n) is 11.3. The van der Waals surface area contributed by atoms with Crippen molar-refractivity contribution in [3.63, 3.8) is 0 Å². The second kappa shape index (κ2) is 80.2. The molecule has 0 amide bonds. The highest BCUT2D eigenvalue weighted by molar-refractivity contribution is 7.47. The van der Waals surface area contributed by atoms with Crippen molar-refractivity contribution in [2.24, 2.45) is 5.73 Å². The third-order valence-corrected chi connectivity index (χ3v) is 19.1. The molecule has 0 rings (SSSR count). The quantitative estimate of drug-likeness (QED) is 0.00627. The molecule has 0 aliphatic carbocycles. The van der Waals surface area contributed by atoms with Gasteiger partial charge >= 0.3 is 39.5 Å². The van der Waals surface area contributed by atoms with Crippen molar-refractivity contribution in [1.82, 2.24) is 0 Å². The van der Waals surface area contributed by atoms with Crippen molar-refractivity contribution in [2.75, 3.05) is 26.4 Å². The van der Waals surface area contributed by atoms with Gasteiger partial charge in [-0.05, 0) is 70.6 Å². The monoisotopic (exact) mass is 1560 g/mol. The summed E-state index contributed by atoms with van der Waals surface area (Å²) < 4.78 is 52.6. The number of rotatable bonds is 75. The van der Waals surface area contributed by atoms with E-state index in [9.17, 15) is 48.2 Å². The third kappa shape index (κ3) is 79.2. The van der Waals surface area contributed by atoms with Crippen LogP contribution in [0.3, 0.4) is 0 Å². The predicted octanol–water partition coefficient (Wildman–Crippen LogP) is 22.5. The fraction of sp³-hybridized carbons (Fsp3) is 0.713. The number of aliphatic hydroxyl groups is 2. The SMILES string of the molecule is CCCCC/C=C\C/C=C\C/C=C\C/C=C\CCCC(=O)O[C@H](COC(=O)CCCCCCCCCCCCCCCCC)COP(=O)(O)OC[C@H](N)C(=O)OP(=O)(O)O.CCCCCCCCCC=CC=CC=CC=CC=CC=CC(=O)O[C@@H](CO)C(O)C(=O)CCCCCCCCCCCCCCCCC. The van der Waals surface area contributed by atoms with E-state index < -0.39 is 96.1 Å². The molecule has 622 valence electrons. The van der Waals surface area contributed by atoms with Gasteiger partial charge in [0.15, 0.2) is 24.1 Å². The molecule has 0 heterocycles. The Morgan fingerprint density at radius 2 is 0.722 bits per heavy atom. The average molecular weight is 1560 g/mol. The average Bonchev–Trinajstić information content (AvgIpc) is 0.894. The summed E-state index contributed by atoms with van der Waals surface area (Å²) in [4.78, 5) is 88.9. The molecule has 19 nitrogen and oxygen atoms in total. The minimum absolute atomic E-state index is 0.0332. The summed E-state index contributed by atoms with van der Waals surface area (Å²) in [6.07, 6.45) is 91.0. The number of carbonyl (C=O) groups excluding carboxylic acids is 5. The molecule has 108 heavy (non-hydrogen) atoms. The van der Waals surface area contributed by atoms with Crippen molar-refractivity contribution in [2.45, 2.75) is 373 Å². The summed E-state index contributed by atoms with van der Waals surface area (Å²) >= 11 is 0. The highest BCUT2D eigenvalue weighted by atomic mass is 31.2. The van der Waals surface area contributed by atoms with Crippen molar-refractivity contribution in [3.8, 4) is 0 Å². The Morgan fingerprint density at radius 3 is 1.16 bits per heavy atom. The smallest absolute Gasteiger partial charge is 0.462 e. The number of ether oxygens (including phenoxy) is 3. The van der Waals surface area contributed by atoms with Gasteiger partial charge in [-0.25, -0.2) is 18.7 Å². The number of aliphatic hydroxyl groups excluding tert-OH is 2. The molecule has 0 bridgehead atoms. The van der Waals surface area contributed by atoms with Crippen molar-refractivity contribution >= 4 is 45.3 Å². The van der Waals surface area contributed by atoms with Crippen molar-refractivity contribution in [3.05, 3.63) is 122 Å². The molecule has 0 aliphatic rings. The lowest BCUT2D eigenvalue weighted by Crippen LogP contribution is -2.39. The number of hydrogen-bond donors (Lipinski definition) is 6. The molecule has 0 saturated carbocycles. The molecular weight excluding hydrogens is 1410 g/mol. The molecule has 7 N–H and O–H groups in total. The maximum absolute atomic E-state index is 12.7. The van der Waals surface area contributed by atoms with Crippen LogP contribution >= 0.6 is 15.6 Å². The summed E-state index contributed by atoms with van der Waals surface area (Å²) in [5, 5.41) is 19.9. The number of ketones is 1. The molecule has 0 spiro atoms. The van der Waals surface area contributed by atoms with E-state index in [4.69, 9.17) is 34.3 Å². The van der Waals surface area contributed by atoms with E-state index in [2.05, 4.69) is 85.4 Å². The van der Waals surface area contributed by atoms with Crippen LogP contribution in [0.25, 0.3) is 0 Å². The van der Waals surface area contributed by atoms with Gasteiger partial charge in [-0.15, -0.1) is 0 Å². The molecule has 2 unspecified atom stereocenters. The Kier molecular flexibility index (Phi) is 78.0. The van der Waals surface area contributed by atoms with E-state index in [1.807, 2.05) is 48.6 Å². The zero-order chi connectivity index (χ0) is 79.8. The molecule has 0 aliphatic heterocycles. The van der Waals surface area contributed by atoms with Gasteiger partial charge in [-0.1, -0.05) is 374 Å². The third-order valence-electron chi connectivity index (χ3n) is 17.8. The maximum Gasteiger partial charge on any atom is 0.527 e. The number of hydrogen-bond acceptors (Lipinski definition) is 16. The summed E-state index contributed by atoms with van der Waals surface area (Å²) in [7, 11) is -10.1. The molecule has 0 saturated heterocycles. The zero-order valence-corrected chi connectivity index (χ0v) is 69.3. The lowest BCUT2D eigenvalue weighted by atomic mass is 10.0. The Bertz CT molecular complexity index is 2570. The molecule has 0 aromatic heterocycles. The molecular formula is C87H151NO18P2. The van der Waals surface area contributed by atoms with Crippen LogP contribution in [0.5, 0.6) is 0 Å². The molecule has 0 fully saturated rings. The number of phosphoric acid groups is 2. The second-order valence-corrected chi connectivity index (χ2v) is 30.7. The van der Waals surface area contributed by atoms with Gasteiger partial charge in [0.05, 0.1) is 19.8 Å². The topological polar surface area (TPSA) is 302 Å². The highest BCUT2D eigenvalue weighted by Gasteiger charge is 2.31. The van der Waals surface area contributed by atoms with Crippen molar-refractivity contribution < 1.29 is 85.8 Å². The summed E-state index contributed by atoms with van der Waals surface area (Å²) in [6.45, 7) is 6.21. The number of Topliss-reactive ketones (excluding diaryl/α,β-unsaturated/α-hetero) is 1. The van der Waals surface area contributed by atoms with E-state index in [-0.39, 0.29) is 19.3 Å². The highest BCUT2D eigenvalue weighted by Crippen LogP contribution is 2.44. The zero-order valence-electron chi connectivity index (χ0n) is 67.6. The Morgan fingerprint density at radius 1 is 0.380 bits per heavy atom. The fourth-order valence-corrected chi connectivity index (χ4v) is 12.4. The number of esters is 3. The largest absolute Gasteiger partial charge is 0.527 e. The van der Waals surface area contributed by atoms with Crippen molar-refractivity contribution in [1.29, 1.82) is 0 Å². The van der Waals surface area contributed by atoms with Gasteiger partial charge in [-0.3, -0.25) is 33.2 Å². The van der Waals surface area contributed by atoms with E-state index in [1.54, 1.807) is 12.2 Å². The van der Waals surface area contributed by atoms with E-state index in [0.717, 1.165) is 64.2 Å². The molecule has 0 aromatic rings. The lowest BCUT2D eigenvalue weighted by Gasteiger charge is -2.20. The first-order valence-electron chi connectivity index (χ1n) is 42.0. The van der Waals surface area contributed by atoms with Crippen LogP contribution in [0.2, 0.25) is 0 Å². The summed E-state index contributed by atoms with van der Waals surface area (Å²) in [5.74, 6) is -3.82. The predicted molar refractivity (Wildman–Crippen MR) is 442 cm³/mol. The van der Waals surface area contributed by atoms with Gasteiger partial charge < -0.3 is 39.6 Å². The van der Waals surface area contributed by atoms with Crippen LogP contribution in [0.4, 0.5) is 0 Å². The number of carbonyl (C=O) groups is 5. The van der Waals surface area contributed by atoms with Crippen LogP contribution in [-0.2, 0) is 60.9 Å². The van der Waals surface area contributed by atoms with Gasteiger partial charge in [0, 0.05) is 25.3 Å². The molecule has 0 radical (unpaired) electrons. The first-order valence-corrected chi connectivity index (χ1v) is 45.0. The number of unbranched alkanes of at least 4 members (excludes halogenated alkanes) is 39. The minimum atomic E-state index is -5.19. The van der Waals surface area contributed by atoms with E-state index in [0.29, 0.717) is 25.7 Å². The molecule has 5 atom stereocenters. The molecule has 21 heteroatoms. The van der Waals surface area contributed by atoms with Crippen LogP contribution in [-0.4, -0.2) is 105 Å². The summed E-state index contributed by atoms with van der Waals surface area (Å²) in [5.41, 5.74) is 5.42. The minimum Gasteiger partial charge on any atom is -0.462 e. The maximum atomic E-state index is 12.7. The Labute approximate surface area is 654 Å². The number of phosphoric ester groups is 2. The van der Waals surface area contributed by atoms with Crippen LogP contribution in [0.15, 0.2) is 122 Å². The van der Waals surface area contributed by atoms with Gasteiger partial charge in [0.25, 0.3) is 0 Å². The van der Waals surface area contributed by atoms with E-state index >= 15 is 0 Å². The van der Waals surface area contributed by atoms with E-state index in [1.165, 1.54) is 224 Å². The normalized spacial score (nSPS) is 14.1. The number of nitrogens with two attached hydrogens (primary N) is 1. The molecule has 0 aromatic carbocycles. The second-order valence-electron chi connectivity index (χ2n) is 28.0. The standard InChI is InChI=1S/C44H79NO13P2.C43H72O5/c1-3-5-7-9-11-13-15-17-19-20-22-24-26-28-30-32-34-36-43(47)57-40(38-55-60(52,53)56-39-41(45)44(48)58-59(49,50)51)37-54-42(46)35-33-31-29-27-25-23-21-18-16-14-12-10-8-6-4-2;1-3-5-7-9-11-13-15-17-19-20-21-22-24-26-28-30-32-34-36-38-42(46)48-41(39-44)43(47)40(45)37-35-33-31-29-27-25-23-18-16-14-12-10-8-6-4-2/h11,13,17,19,22,24,28,30,40-41H,3-10,12,14-16,18,20-21,23,25-27,29,31-39,45H2,1-2H3,(H,52,53)(H2,49,50,51);19-22,24,26,28,30,32,34,36,38,41,43-44,47H,3-18,23,25,27,29,31,33,35,37,39H2,1-2H3/b13-11-,19-17-,24-22-,30-28-;/t40-,41+;41-,43?/m10/s1. The van der Waals surface area contributed by atoms with Crippen LogP contribution in [0, 0.1) is 0 Å². The lowest BCUT2D eigenvalue weighted by molar-refractivity contribution is -0.161. The van der Waals surface area contributed by atoms with Gasteiger partial charge in [0.2, 0.25) is 0 Å². The van der Waals surface area contributed by atoms with Gasteiger partial charge in [-0.2, -0.15) is 0 Å². The number of allylic oxidation sites excluding steroid dienone is 19. The first-order chi connectivity index (χ1) is 52.4. The Hall–Kier alpha value is -4.91. The summed E-state index contributed by atoms with van der Waals surface area (Å²) in [6, 6.07) is -1.82. The van der Waals surface area contributed by atoms with Crippen LogP contribution < -0.4 is 5.73 Å². The van der Waals surface area contributed by atoms with Crippen LogP contribution in [0.1, 0.15) is 349 Å².